The van der Waals surface area contributed by atoms with Crippen LogP contribution in [0, 0.1) is 6.92 Å². The first-order valence-electron chi connectivity index (χ1n) is 5.96. The van der Waals surface area contributed by atoms with Crippen LogP contribution in [0.25, 0.3) is 10.8 Å². The van der Waals surface area contributed by atoms with Crippen molar-refractivity contribution >= 4 is 16.6 Å². The standard InChI is InChI=1S/C15H14O2/c1-9-10-5-2-3-6-12(10)15(17)14-11(9)7-4-8-13(14)16/h2-3,5-6,17H,4,7-8H2,1H3. The maximum Gasteiger partial charge on any atom is 0.166 e. The molecule has 0 amide bonds. The second-order valence-electron chi connectivity index (χ2n) is 4.65. The monoisotopic (exact) mass is 226 g/mol. The smallest absolute Gasteiger partial charge is 0.166 e. The van der Waals surface area contributed by atoms with Gasteiger partial charge in [0.05, 0.1) is 5.56 Å². The molecular formula is C15H14O2. The van der Waals surface area contributed by atoms with Gasteiger partial charge in [0.15, 0.2) is 5.78 Å². The summed E-state index contributed by atoms with van der Waals surface area (Å²) in [5.74, 6) is 0.253. The van der Waals surface area contributed by atoms with Crippen LogP contribution in [0.4, 0.5) is 0 Å². The average molecular weight is 226 g/mol. The van der Waals surface area contributed by atoms with E-state index in [4.69, 9.17) is 0 Å². The SMILES string of the molecule is Cc1c2c(c(O)c3ccccc13)C(=O)CCC2. The van der Waals surface area contributed by atoms with Gasteiger partial charge in [0.1, 0.15) is 5.75 Å². The number of hydrogen-bond acceptors (Lipinski definition) is 2. The fraction of sp³-hybridized carbons (Fsp3) is 0.267. The van der Waals surface area contributed by atoms with E-state index in [1.54, 1.807) is 0 Å². The number of hydrogen-bond donors (Lipinski definition) is 1. The number of carbonyl (C=O) groups is 1. The van der Waals surface area contributed by atoms with Crippen LogP contribution in [0.2, 0.25) is 0 Å². The third-order valence-electron chi connectivity index (χ3n) is 3.69. The molecule has 0 aliphatic heterocycles. The molecule has 86 valence electrons. The highest BCUT2D eigenvalue weighted by Crippen LogP contribution is 2.38. The summed E-state index contributed by atoms with van der Waals surface area (Å²) in [6.07, 6.45) is 2.34. The van der Waals surface area contributed by atoms with Gasteiger partial charge in [-0.05, 0) is 36.3 Å². The number of aromatic hydroxyl groups is 1. The normalized spacial score (nSPS) is 15.0. The van der Waals surface area contributed by atoms with Crippen LogP contribution in [0.5, 0.6) is 5.75 Å². The summed E-state index contributed by atoms with van der Waals surface area (Å²) in [6.45, 7) is 2.04. The lowest BCUT2D eigenvalue weighted by Crippen LogP contribution is -2.13. The van der Waals surface area contributed by atoms with Crippen LogP contribution in [0.1, 0.15) is 34.3 Å². The van der Waals surface area contributed by atoms with Crippen LogP contribution in [-0.2, 0) is 6.42 Å². The third kappa shape index (κ3) is 1.37. The summed E-state index contributed by atoms with van der Waals surface area (Å²) >= 11 is 0. The van der Waals surface area contributed by atoms with E-state index >= 15 is 0 Å². The number of rotatable bonds is 0. The lowest BCUT2D eigenvalue weighted by atomic mass is 9.84. The van der Waals surface area contributed by atoms with E-state index < -0.39 is 0 Å². The number of ketones is 1. The molecule has 2 heteroatoms. The summed E-state index contributed by atoms with van der Waals surface area (Å²) < 4.78 is 0. The Labute approximate surface area is 99.9 Å². The Morgan fingerprint density at radius 3 is 2.59 bits per heavy atom. The van der Waals surface area contributed by atoms with E-state index in [1.807, 2.05) is 31.2 Å². The van der Waals surface area contributed by atoms with Crippen molar-refractivity contribution in [3.8, 4) is 5.75 Å². The van der Waals surface area contributed by atoms with Gasteiger partial charge in [0.2, 0.25) is 0 Å². The zero-order chi connectivity index (χ0) is 12.0. The molecule has 2 aromatic carbocycles. The van der Waals surface area contributed by atoms with Crippen molar-refractivity contribution in [3.05, 3.63) is 41.0 Å². The van der Waals surface area contributed by atoms with Crippen molar-refractivity contribution in [1.29, 1.82) is 0 Å². The summed E-state index contributed by atoms with van der Waals surface area (Å²) in [6, 6.07) is 7.73. The van der Waals surface area contributed by atoms with Crippen molar-refractivity contribution in [2.24, 2.45) is 0 Å². The van der Waals surface area contributed by atoms with Crippen molar-refractivity contribution < 1.29 is 9.90 Å². The third-order valence-corrected chi connectivity index (χ3v) is 3.69. The molecule has 1 N–H and O–H groups in total. The van der Waals surface area contributed by atoms with Gasteiger partial charge in [0, 0.05) is 11.8 Å². The number of phenolic OH excluding ortho intramolecular Hbond substituents is 1. The van der Waals surface area contributed by atoms with Crippen molar-refractivity contribution in [3.63, 3.8) is 0 Å². The van der Waals surface area contributed by atoms with Crippen LogP contribution in [-0.4, -0.2) is 10.9 Å². The summed E-state index contributed by atoms with van der Waals surface area (Å²) in [5, 5.41) is 12.1. The number of carbonyl (C=O) groups excluding carboxylic acids is 1. The van der Waals surface area contributed by atoms with Crippen molar-refractivity contribution in [1.82, 2.24) is 0 Å². The van der Waals surface area contributed by atoms with Gasteiger partial charge in [-0.1, -0.05) is 24.3 Å². The molecule has 0 aromatic heterocycles. The quantitative estimate of drug-likeness (QED) is 0.747. The number of benzene rings is 2. The highest BCUT2D eigenvalue weighted by molar-refractivity contribution is 6.08. The van der Waals surface area contributed by atoms with E-state index in [9.17, 15) is 9.90 Å². The Morgan fingerprint density at radius 1 is 1.12 bits per heavy atom. The molecule has 0 fully saturated rings. The van der Waals surface area contributed by atoms with E-state index in [0.29, 0.717) is 12.0 Å². The second kappa shape index (κ2) is 3.59. The van der Waals surface area contributed by atoms with Crippen LogP contribution >= 0.6 is 0 Å². The predicted octanol–water partition coefficient (Wildman–Crippen LogP) is 3.37. The first kappa shape index (κ1) is 10.3. The Balaban J connectivity index is 2.48. The Morgan fingerprint density at radius 2 is 1.82 bits per heavy atom. The molecule has 0 atom stereocenters. The minimum absolute atomic E-state index is 0.0811. The van der Waals surface area contributed by atoms with Crippen LogP contribution < -0.4 is 0 Å². The highest BCUT2D eigenvalue weighted by atomic mass is 16.3. The average Bonchev–Trinajstić information content (AvgIpc) is 2.36. The lowest BCUT2D eigenvalue weighted by Gasteiger charge is -2.20. The fourth-order valence-electron chi connectivity index (χ4n) is 2.81. The zero-order valence-corrected chi connectivity index (χ0v) is 9.79. The fourth-order valence-corrected chi connectivity index (χ4v) is 2.81. The van der Waals surface area contributed by atoms with Gasteiger partial charge in [-0.2, -0.15) is 0 Å². The molecule has 1 aliphatic carbocycles. The molecule has 1 aliphatic rings. The summed E-state index contributed by atoms with van der Waals surface area (Å²) in [5.41, 5.74) is 2.74. The largest absolute Gasteiger partial charge is 0.507 e. The minimum Gasteiger partial charge on any atom is -0.507 e. The van der Waals surface area contributed by atoms with E-state index in [-0.39, 0.29) is 11.5 Å². The molecule has 0 bridgehead atoms. The molecule has 0 saturated heterocycles. The van der Waals surface area contributed by atoms with Crippen LogP contribution in [0.15, 0.2) is 24.3 Å². The van der Waals surface area contributed by atoms with Gasteiger partial charge in [-0.3, -0.25) is 4.79 Å². The first-order valence-corrected chi connectivity index (χ1v) is 5.96. The molecule has 2 nitrogen and oxygen atoms in total. The van der Waals surface area contributed by atoms with Crippen LogP contribution in [0.3, 0.4) is 0 Å². The van der Waals surface area contributed by atoms with Gasteiger partial charge in [-0.25, -0.2) is 0 Å². The maximum atomic E-state index is 11.9. The Hall–Kier alpha value is -1.83. The van der Waals surface area contributed by atoms with Gasteiger partial charge in [-0.15, -0.1) is 0 Å². The minimum atomic E-state index is 0.0811. The number of aryl methyl sites for hydroxylation is 1. The topological polar surface area (TPSA) is 37.3 Å². The number of phenols is 1. The Kier molecular flexibility index (Phi) is 2.18. The lowest BCUT2D eigenvalue weighted by molar-refractivity contribution is 0.0970. The van der Waals surface area contributed by atoms with Crippen molar-refractivity contribution in [2.75, 3.05) is 0 Å². The number of fused-ring (bicyclic) bond motifs is 2. The summed E-state index contributed by atoms with van der Waals surface area (Å²) in [7, 11) is 0. The molecule has 0 heterocycles. The molecule has 0 radical (unpaired) electrons. The molecule has 2 aromatic rings. The molecule has 3 rings (SSSR count). The molecule has 0 unspecified atom stereocenters. The van der Waals surface area contributed by atoms with E-state index in [2.05, 4.69) is 0 Å². The molecule has 0 saturated carbocycles. The van der Waals surface area contributed by atoms with Crippen molar-refractivity contribution in [2.45, 2.75) is 26.2 Å². The first-order chi connectivity index (χ1) is 8.20. The van der Waals surface area contributed by atoms with Gasteiger partial charge < -0.3 is 5.11 Å². The Bertz CT molecular complexity index is 626. The zero-order valence-electron chi connectivity index (χ0n) is 9.79. The van der Waals surface area contributed by atoms with E-state index in [0.717, 1.165) is 34.7 Å². The molecule has 0 spiro atoms. The molecule has 17 heavy (non-hydrogen) atoms. The highest BCUT2D eigenvalue weighted by Gasteiger charge is 2.24. The predicted molar refractivity (Wildman–Crippen MR) is 67.6 cm³/mol. The second-order valence-corrected chi connectivity index (χ2v) is 4.65. The van der Waals surface area contributed by atoms with Gasteiger partial charge in [0.25, 0.3) is 0 Å². The number of Topliss-reactive ketones (excluding diaryl/α,β-unsaturated/α-hetero) is 1. The molecular weight excluding hydrogens is 212 g/mol. The maximum absolute atomic E-state index is 11.9. The van der Waals surface area contributed by atoms with Gasteiger partial charge >= 0.3 is 0 Å². The van der Waals surface area contributed by atoms with E-state index in [1.165, 1.54) is 0 Å². The summed E-state index contributed by atoms with van der Waals surface area (Å²) in [4.78, 5) is 11.9.